The molecule has 0 amide bonds. The quantitative estimate of drug-likeness (QED) is 0.528. The van der Waals surface area contributed by atoms with Crippen LogP contribution in [0.4, 0.5) is 0 Å². The normalized spacial score (nSPS) is 12.2. The number of rotatable bonds is 9. The summed E-state index contributed by atoms with van der Waals surface area (Å²) in [5.74, 6) is 0.0457. The standard InChI is InChI=1S/C24H25NO5/c1-28-21-14-8-6-12-18(21)24(17-10-4-3-5-11-17,30-16-20(25)23(26)27)19-13-7-9-15-22(19)29-2/h3-15,20H,16,25H2,1-2H3,(H,26,27)/t20-/m0/s1. The molecule has 0 aliphatic heterocycles. The van der Waals surface area contributed by atoms with Crippen molar-refractivity contribution in [2.45, 2.75) is 11.6 Å². The molecule has 6 nitrogen and oxygen atoms in total. The molecule has 0 aromatic heterocycles. The number of carboxylic acid groups (broad SMARTS) is 1. The van der Waals surface area contributed by atoms with Crippen LogP contribution in [0.1, 0.15) is 16.7 Å². The number of nitrogens with two attached hydrogens (primary N) is 1. The largest absolute Gasteiger partial charge is 0.496 e. The molecule has 3 aromatic rings. The van der Waals surface area contributed by atoms with E-state index in [9.17, 15) is 9.90 Å². The van der Waals surface area contributed by atoms with Crippen molar-refractivity contribution in [2.75, 3.05) is 20.8 Å². The molecule has 3 N–H and O–H groups in total. The minimum atomic E-state index is -1.21. The van der Waals surface area contributed by atoms with E-state index in [1.807, 2.05) is 78.9 Å². The molecule has 6 heteroatoms. The van der Waals surface area contributed by atoms with Crippen LogP contribution in [0.3, 0.4) is 0 Å². The third kappa shape index (κ3) is 4.01. The van der Waals surface area contributed by atoms with Crippen LogP contribution in [0, 0.1) is 0 Å². The van der Waals surface area contributed by atoms with Gasteiger partial charge in [-0.15, -0.1) is 0 Å². The maximum atomic E-state index is 11.4. The number of carbonyl (C=O) groups is 1. The highest BCUT2D eigenvalue weighted by atomic mass is 16.5. The highest BCUT2D eigenvalue weighted by Crippen LogP contribution is 2.47. The first kappa shape index (κ1) is 21.4. The van der Waals surface area contributed by atoms with Gasteiger partial charge in [0.1, 0.15) is 17.5 Å². The van der Waals surface area contributed by atoms with E-state index in [-0.39, 0.29) is 6.61 Å². The summed E-state index contributed by atoms with van der Waals surface area (Å²) in [5.41, 5.74) is 6.80. The molecular formula is C24H25NO5. The van der Waals surface area contributed by atoms with Crippen molar-refractivity contribution >= 4 is 5.97 Å². The van der Waals surface area contributed by atoms with Gasteiger partial charge < -0.3 is 25.1 Å². The Hall–Kier alpha value is -3.35. The van der Waals surface area contributed by atoms with Gasteiger partial charge in [-0.25, -0.2) is 0 Å². The second-order valence-corrected chi connectivity index (χ2v) is 6.70. The Morgan fingerprint density at radius 2 is 1.33 bits per heavy atom. The Morgan fingerprint density at radius 1 is 0.867 bits per heavy atom. The lowest BCUT2D eigenvalue weighted by molar-refractivity contribution is -0.141. The first-order chi connectivity index (χ1) is 14.5. The van der Waals surface area contributed by atoms with E-state index < -0.39 is 17.6 Å². The van der Waals surface area contributed by atoms with Crippen LogP contribution >= 0.6 is 0 Å². The van der Waals surface area contributed by atoms with Gasteiger partial charge in [0.05, 0.1) is 20.8 Å². The number of methoxy groups -OCH3 is 2. The number of ether oxygens (including phenoxy) is 3. The van der Waals surface area contributed by atoms with Crippen LogP contribution in [-0.2, 0) is 15.1 Å². The van der Waals surface area contributed by atoms with Crippen molar-refractivity contribution in [2.24, 2.45) is 5.73 Å². The fourth-order valence-corrected chi connectivity index (χ4v) is 3.52. The summed E-state index contributed by atoms with van der Waals surface area (Å²) in [6.45, 7) is -0.222. The molecule has 3 rings (SSSR count). The van der Waals surface area contributed by atoms with E-state index in [1.165, 1.54) is 0 Å². The lowest BCUT2D eigenvalue weighted by atomic mass is 9.79. The van der Waals surface area contributed by atoms with Gasteiger partial charge in [-0.05, 0) is 17.7 Å². The molecule has 0 aliphatic rings. The van der Waals surface area contributed by atoms with Gasteiger partial charge in [-0.3, -0.25) is 4.79 Å². The smallest absolute Gasteiger partial charge is 0.322 e. The van der Waals surface area contributed by atoms with E-state index in [4.69, 9.17) is 19.9 Å². The highest BCUT2D eigenvalue weighted by molar-refractivity contribution is 5.73. The van der Waals surface area contributed by atoms with Crippen molar-refractivity contribution < 1.29 is 24.1 Å². The Kier molecular flexibility index (Phi) is 6.72. The van der Waals surface area contributed by atoms with Gasteiger partial charge in [-0.1, -0.05) is 66.7 Å². The maximum Gasteiger partial charge on any atom is 0.322 e. The fraction of sp³-hybridized carbons (Fsp3) is 0.208. The Bertz CT molecular complexity index is 942. The van der Waals surface area contributed by atoms with Crippen molar-refractivity contribution in [3.8, 4) is 11.5 Å². The van der Waals surface area contributed by atoms with Crippen molar-refractivity contribution in [1.82, 2.24) is 0 Å². The van der Waals surface area contributed by atoms with Crippen LogP contribution in [0.2, 0.25) is 0 Å². The third-order valence-electron chi connectivity index (χ3n) is 4.95. The molecule has 30 heavy (non-hydrogen) atoms. The summed E-state index contributed by atoms with van der Waals surface area (Å²) in [6, 6.07) is 23.3. The molecule has 0 fully saturated rings. The second-order valence-electron chi connectivity index (χ2n) is 6.70. The average Bonchev–Trinajstić information content (AvgIpc) is 2.80. The topological polar surface area (TPSA) is 91.0 Å². The molecular weight excluding hydrogens is 382 g/mol. The summed E-state index contributed by atoms with van der Waals surface area (Å²) in [4.78, 5) is 11.4. The zero-order chi connectivity index (χ0) is 21.6. The van der Waals surface area contributed by atoms with Crippen molar-refractivity contribution in [3.63, 3.8) is 0 Å². The van der Waals surface area contributed by atoms with E-state index in [2.05, 4.69) is 0 Å². The lowest BCUT2D eigenvalue weighted by Gasteiger charge is -2.37. The van der Waals surface area contributed by atoms with E-state index in [0.29, 0.717) is 22.6 Å². The molecule has 1 atom stereocenters. The molecule has 0 saturated heterocycles. The molecule has 156 valence electrons. The van der Waals surface area contributed by atoms with Gasteiger partial charge in [0, 0.05) is 11.1 Å². The lowest BCUT2D eigenvalue weighted by Crippen LogP contribution is -2.41. The van der Waals surface area contributed by atoms with Gasteiger partial charge in [0.15, 0.2) is 5.60 Å². The zero-order valence-corrected chi connectivity index (χ0v) is 16.9. The van der Waals surface area contributed by atoms with Gasteiger partial charge in [0.2, 0.25) is 0 Å². The number of carboxylic acids is 1. The first-order valence-corrected chi connectivity index (χ1v) is 9.49. The van der Waals surface area contributed by atoms with Gasteiger partial charge >= 0.3 is 5.97 Å². The molecule has 0 spiro atoms. The van der Waals surface area contributed by atoms with Crippen molar-refractivity contribution in [3.05, 3.63) is 95.6 Å². The summed E-state index contributed by atoms with van der Waals surface area (Å²) in [5, 5.41) is 9.34. The van der Waals surface area contributed by atoms with Gasteiger partial charge in [-0.2, -0.15) is 0 Å². The predicted octanol–water partition coefficient (Wildman–Crippen LogP) is 3.42. The minimum Gasteiger partial charge on any atom is -0.496 e. The van der Waals surface area contributed by atoms with Crippen LogP contribution in [-0.4, -0.2) is 37.9 Å². The Balaban J connectivity index is 2.35. The average molecular weight is 407 g/mol. The highest BCUT2D eigenvalue weighted by Gasteiger charge is 2.42. The van der Waals surface area contributed by atoms with E-state index >= 15 is 0 Å². The number of para-hydroxylation sites is 2. The minimum absolute atomic E-state index is 0.222. The van der Waals surface area contributed by atoms with Crippen LogP contribution in [0.5, 0.6) is 11.5 Å². The van der Waals surface area contributed by atoms with E-state index in [1.54, 1.807) is 14.2 Å². The summed E-state index contributed by atoms with van der Waals surface area (Å²) < 4.78 is 17.7. The number of benzene rings is 3. The summed E-state index contributed by atoms with van der Waals surface area (Å²) in [7, 11) is 3.17. The van der Waals surface area contributed by atoms with Crippen LogP contribution < -0.4 is 15.2 Å². The van der Waals surface area contributed by atoms with Crippen LogP contribution in [0.15, 0.2) is 78.9 Å². The molecule has 3 aromatic carbocycles. The number of aliphatic carboxylic acids is 1. The van der Waals surface area contributed by atoms with E-state index in [0.717, 1.165) is 5.56 Å². The Morgan fingerprint density at radius 3 is 1.80 bits per heavy atom. The SMILES string of the molecule is COc1ccccc1C(OC[C@H](N)C(=O)O)(c1ccccc1)c1ccccc1OC. The van der Waals surface area contributed by atoms with Gasteiger partial charge in [0.25, 0.3) is 0 Å². The summed E-state index contributed by atoms with van der Waals surface area (Å²) in [6.07, 6.45) is 0. The van der Waals surface area contributed by atoms with Crippen molar-refractivity contribution in [1.29, 1.82) is 0 Å². The molecule has 0 radical (unpaired) electrons. The molecule has 0 unspecified atom stereocenters. The zero-order valence-electron chi connectivity index (χ0n) is 16.9. The number of hydrogen-bond acceptors (Lipinski definition) is 5. The molecule has 0 heterocycles. The Labute approximate surface area is 175 Å². The number of hydrogen-bond donors (Lipinski definition) is 2. The monoisotopic (exact) mass is 407 g/mol. The predicted molar refractivity (Wildman–Crippen MR) is 114 cm³/mol. The second kappa shape index (κ2) is 9.43. The third-order valence-corrected chi connectivity index (χ3v) is 4.95. The molecule has 0 saturated carbocycles. The molecule has 0 bridgehead atoms. The van der Waals surface area contributed by atoms with Crippen LogP contribution in [0.25, 0.3) is 0 Å². The fourth-order valence-electron chi connectivity index (χ4n) is 3.52. The first-order valence-electron chi connectivity index (χ1n) is 9.49. The summed E-state index contributed by atoms with van der Waals surface area (Å²) >= 11 is 0. The maximum absolute atomic E-state index is 11.4. The molecule has 0 aliphatic carbocycles.